The second-order valence-electron chi connectivity index (χ2n) is 14.4. The van der Waals surface area contributed by atoms with E-state index in [9.17, 15) is 0 Å². The lowest BCUT2D eigenvalue weighted by Gasteiger charge is -2.18. The highest BCUT2D eigenvalue weighted by atomic mass is 16.3. The maximum Gasteiger partial charge on any atom is 0.143 e. The fourth-order valence-electron chi connectivity index (χ4n) is 8.90. The minimum absolute atomic E-state index is 0.865. The Morgan fingerprint density at radius 1 is 0.241 bits per heavy atom. The van der Waals surface area contributed by atoms with E-state index in [-0.39, 0.29) is 0 Å². The van der Waals surface area contributed by atoms with Gasteiger partial charge in [0.25, 0.3) is 0 Å². The minimum Gasteiger partial charge on any atom is -0.456 e. The molecule has 2 aromatic heterocycles. The number of rotatable bonds is 3. The van der Waals surface area contributed by atoms with Crippen molar-refractivity contribution in [1.29, 1.82) is 0 Å². The van der Waals surface area contributed by atoms with Crippen LogP contribution in [0.4, 0.5) is 0 Å². The summed E-state index contributed by atoms with van der Waals surface area (Å²) in [5.74, 6) is 0. The molecule has 0 fully saturated rings. The Kier molecular flexibility index (Phi) is 6.09. The number of hydrogen-bond acceptors (Lipinski definition) is 2. The summed E-state index contributed by atoms with van der Waals surface area (Å²) in [6, 6.07) is 65.7. The highest BCUT2D eigenvalue weighted by Crippen LogP contribution is 2.45. The molecular weight excluding hydrogens is 657 g/mol. The summed E-state index contributed by atoms with van der Waals surface area (Å²) in [5, 5.41) is 14.1. The maximum atomic E-state index is 6.60. The molecule has 0 N–H and O–H groups in total. The fraction of sp³-hybridized carbons (Fsp3) is 0. The molecule has 0 aliphatic heterocycles. The van der Waals surface area contributed by atoms with Crippen LogP contribution in [0.25, 0.3) is 120 Å². The first-order chi connectivity index (χ1) is 26.7. The first-order valence-corrected chi connectivity index (χ1v) is 18.5. The monoisotopic (exact) mass is 686 g/mol. The van der Waals surface area contributed by atoms with Crippen molar-refractivity contribution in [3.63, 3.8) is 0 Å². The Hall–Kier alpha value is -7.16. The molecule has 2 nitrogen and oxygen atoms in total. The van der Waals surface area contributed by atoms with Gasteiger partial charge in [0, 0.05) is 26.9 Å². The van der Waals surface area contributed by atoms with Crippen LogP contribution in [-0.2, 0) is 0 Å². The van der Waals surface area contributed by atoms with Gasteiger partial charge in [0.05, 0.1) is 0 Å². The van der Waals surface area contributed by atoms with Crippen LogP contribution in [0.15, 0.2) is 191 Å². The summed E-state index contributed by atoms with van der Waals surface area (Å²) in [6.07, 6.45) is 0. The molecule has 0 radical (unpaired) electrons. The highest BCUT2D eigenvalue weighted by Gasteiger charge is 2.19. The van der Waals surface area contributed by atoms with Crippen LogP contribution in [0, 0.1) is 0 Å². The van der Waals surface area contributed by atoms with Gasteiger partial charge in [-0.2, -0.15) is 0 Å². The van der Waals surface area contributed by atoms with Crippen LogP contribution < -0.4 is 0 Å². The molecule has 10 aromatic carbocycles. The lowest BCUT2D eigenvalue weighted by atomic mass is 9.85. The van der Waals surface area contributed by atoms with Crippen molar-refractivity contribution in [2.24, 2.45) is 0 Å². The van der Waals surface area contributed by atoms with Crippen LogP contribution in [0.3, 0.4) is 0 Å². The van der Waals surface area contributed by atoms with E-state index < -0.39 is 0 Å². The highest BCUT2D eigenvalue weighted by molar-refractivity contribution is 6.22. The largest absolute Gasteiger partial charge is 0.456 e. The van der Waals surface area contributed by atoms with Crippen molar-refractivity contribution in [2.45, 2.75) is 0 Å². The van der Waals surface area contributed by atoms with Crippen LogP contribution in [0.5, 0.6) is 0 Å². The molecule has 0 saturated carbocycles. The zero-order valence-corrected chi connectivity index (χ0v) is 29.1. The molecule has 0 bridgehead atoms. The molecule has 12 aromatic rings. The van der Waals surface area contributed by atoms with E-state index in [1.54, 1.807) is 0 Å². The maximum absolute atomic E-state index is 6.60. The number of benzene rings is 10. The third-order valence-electron chi connectivity index (χ3n) is 11.4. The summed E-state index contributed by atoms with van der Waals surface area (Å²) in [7, 11) is 0. The summed E-state index contributed by atoms with van der Waals surface area (Å²) < 4.78 is 13.1. The average Bonchev–Trinajstić information content (AvgIpc) is 3.78. The van der Waals surface area contributed by atoms with Crippen molar-refractivity contribution in [1.82, 2.24) is 0 Å². The molecule has 0 spiro atoms. The molecule has 0 atom stereocenters. The van der Waals surface area contributed by atoms with Crippen molar-refractivity contribution in [2.75, 3.05) is 0 Å². The number of furan rings is 2. The van der Waals surface area contributed by atoms with E-state index in [0.29, 0.717) is 0 Å². The molecule has 2 heteroatoms. The SMILES string of the molecule is c1cc(-c2ccc3c(c2)oc2cc4c(cc23)oc2c3ccccc3ccc42)cc(-c2c3ccccc3c(-c3ccc4ccccc4c3)c3ccccc23)c1. The smallest absolute Gasteiger partial charge is 0.143 e. The molecule has 0 amide bonds. The van der Waals surface area contributed by atoms with Crippen LogP contribution in [-0.4, -0.2) is 0 Å². The Morgan fingerprint density at radius 2 is 0.741 bits per heavy atom. The molecule has 0 aliphatic carbocycles. The first kappa shape index (κ1) is 29.4. The molecule has 12 rings (SSSR count). The normalized spacial score (nSPS) is 12.1. The summed E-state index contributed by atoms with van der Waals surface area (Å²) in [4.78, 5) is 0. The molecule has 0 unspecified atom stereocenters. The zero-order chi connectivity index (χ0) is 35.3. The number of fused-ring (bicyclic) bond motifs is 11. The molecule has 54 heavy (non-hydrogen) atoms. The van der Waals surface area contributed by atoms with Gasteiger partial charge in [-0.3, -0.25) is 0 Å². The van der Waals surface area contributed by atoms with Gasteiger partial charge in [-0.15, -0.1) is 0 Å². The Morgan fingerprint density at radius 3 is 1.48 bits per heavy atom. The Labute approximate surface area is 310 Å². The van der Waals surface area contributed by atoms with E-state index in [1.807, 2.05) is 0 Å². The van der Waals surface area contributed by atoms with Crippen LogP contribution >= 0.6 is 0 Å². The predicted molar refractivity (Wildman–Crippen MR) is 227 cm³/mol. The van der Waals surface area contributed by atoms with Gasteiger partial charge in [-0.1, -0.05) is 140 Å². The van der Waals surface area contributed by atoms with E-state index >= 15 is 0 Å². The van der Waals surface area contributed by atoms with Gasteiger partial charge in [0.15, 0.2) is 0 Å². The molecule has 2 heterocycles. The van der Waals surface area contributed by atoms with Gasteiger partial charge >= 0.3 is 0 Å². The Balaban J connectivity index is 1.01. The van der Waals surface area contributed by atoms with Gasteiger partial charge in [-0.05, 0) is 114 Å². The van der Waals surface area contributed by atoms with E-state index in [4.69, 9.17) is 8.83 Å². The first-order valence-electron chi connectivity index (χ1n) is 18.5. The van der Waals surface area contributed by atoms with Crippen molar-refractivity contribution in [3.8, 4) is 33.4 Å². The standard InChI is InChI=1S/C52H30O2/c1-2-12-33-26-37(21-20-31(33)10-1)51-42-18-7-5-16-40(42)50(41-17-6-8-19-43(41)51)36-14-9-13-34(27-36)35-23-24-39-45-29-49-46(30-48(45)53-47(39)28-35)44-25-22-32-11-3-4-15-38(32)52(44)54-49/h1-30H. The molecule has 0 saturated heterocycles. The quantitative estimate of drug-likeness (QED) is 0.173. The van der Waals surface area contributed by atoms with Crippen LogP contribution in [0.2, 0.25) is 0 Å². The lowest BCUT2D eigenvalue weighted by Crippen LogP contribution is -1.91. The second-order valence-corrected chi connectivity index (χ2v) is 14.4. The molecule has 250 valence electrons. The van der Waals surface area contributed by atoms with Gasteiger partial charge < -0.3 is 8.83 Å². The van der Waals surface area contributed by atoms with Gasteiger partial charge in [0.1, 0.15) is 22.3 Å². The topological polar surface area (TPSA) is 26.3 Å². The fourth-order valence-corrected chi connectivity index (χ4v) is 8.90. The van der Waals surface area contributed by atoms with Crippen molar-refractivity contribution < 1.29 is 8.83 Å². The number of hydrogen-bond donors (Lipinski definition) is 0. The van der Waals surface area contributed by atoms with E-state index in [0.717, 1.165) is 60.4 Å². The summed E-state index contributed by atoms with van der Waals surface area (Å²) in [5.41, 5.74) is 10.7. The molecular formula is C52H30O2. The second kappa shape index (κ2) is 11.2. The van der Waals surface area contributed by atoms with E-state index in [1.165, 1.54) is 60.0 Å². The average molecular weight is 687 g/mol. The van der Waals surface area contributed by atoms with E-state index in [2.05, 4.69) is 182 Å². The predicted octanol–water partition coefficient (Wildman–Crippen LogP) is 15.1. The van der Waals surface area contributed by atoms with Gasteiger partial charge in [0.2, 0.25) is 0 Å². The minimum atomic E-state index is 0.865. The van der Waals surface area contributed by atoms with Crippen LogP contribution in [0.1, 0.15) is 0 Å². The van der Waals surface area contributed by atoms with Gasteiger partial charge in [-0.25, -0.2) is 0 Å². The van der Waals surface area contributed by atoms with Crippen molar-refractivity contribution >= 4 is 87.0 Å². The van der Waals surface area contributed by atoms with Crippen molar-refractivity contribution in [3.05, 3.63) is 182 Å². The third-order valence-corrected chi connectivity index (χ3v) is 11.4. The summed E-state index contributed by atoms with van der Waals surface area (Å²) >= 11 is 0. The molecule has 0 aliphatic rings. The lowest BCUT2D eigenvalue weighted by molar-refractivity contribution is 0.665. The Bertz CT molecular complexity index is 3450. The summed E-state index contributed by atoms with van der Waals surface area (Å²) in [6.45, 7) is 0. The third kappa shape index (κ3) is 4.28. The zero-order valence-electron chi connectivity index (χ0n) is 29.1.